The zero-order chi connectivity index (χ0) is 27.4. The van der Waals surface area contributed by atoms with Crippen molar-refractivity contribution >= 4 is 35.9 Å². The maximum absolute atomic E-state index is 9.73. The Hall–Kier alpha value is -4.45. The van der Waals surface area contributed by atoms with E-state index in [-0.39, 0.29) is 0 Å². The van der Waals surface area contributed by atoms with E-state index >= 15 is 0 Å². The second kappa shape index (κ2) is 9.63. The van der Waals surface area contributed by atoms with E-state index < -0.39 is 14.2 Å². The highest BCUT2D eigenvalue weighted by Crippen LogP contribution is 2.56. The molecule has 0 atom stereocenters. The van der Waals surface area contributed by atoms with Crippen LogP contribution in [0.1, 0.15) is 0 Å². The summed E-state index contributed by atoms with van der Waals surface area (Å²) in [6, 6.07) is 40.2. The van der Waals surface area contributed by atoms with Crippen molar-refractivity contribution in [2.75, 3.05) is 0 Å². The van der Waals surface area contributed by atoms with E-state index in [2.05, 4.69) is 54.6 Å². The fourth-order valence-electron chi connectivity index (χ4n) is 6.02. The lowest BCUT2D eigenvalue weighted by Gasteiger charge is -2.21. The van der Waals surface area contributed by atoms with Gasteiger partial charge < -0.3 is 20.1 Å². The Labute approximate surface area is 232 Å². The second-order valence-electron chi connectivity index (χ2n) is 10.2. The van der Waals surface area contributed by atoms with Crippen molar-refractivity contribution in [2.45, 2.75) is 0 Å². The van der Waals surface area contributed by atoms with Crippen LogP contribution in [0, 0.1) is 0 Å². The van der Waals surface area contributed by atoms with E-state index in [0.29, 0.717) is 10.9 Å². The Morgan fingerprint density at radius 2 is 0.875 bits per heavy atom. The van der Waals surface area contributed by atoms with E-state index in [1.165, 1.54) is 10.8 Å². The van der Waals surface area contributed by atoms with Gasteiger partial charge >= 0.3 is 14.2 Å². The first-order valence-electron chi connectivity index (χ1n) is 13.2. The summed E-state index contributed by atoms with van der Waals surface area (Å²) in [5.41, 5.74) is 11.7. The average molecular weight is 518 g/mol. The molecule has 1 aliphatic carbocycles. The standard InChI is InChI=1S/C34H24B2O4/c37-35(38)25-16-12-22(13-17-25)30-20-29(21-6-2-1-3-7-21)32(24-14-18-26(19-15-24)36(39)40)34-28-11-5-9-23-8-4-10-27(31(23)28)33(30)34/h1-20,37-40H. The van der Waals surface area contributed by atoms with Crippen molar-refractivity contribution in [1.82, 2.24) is 0 Å². The molecule has 0 spiro atoms. The monoisotopic (exact) mass is 518 g/mol. The van der Waals surface area contributed by atoms with Crippen molar-refractivity contribution in [1.29, 1.82) is 0 Å². The largest absolute Gasteiger partial charge is 0.488 e. The van der Waals surface area contributed by atoms with Crippen LogP contribution in [0.15, 0.2) is 121 Å². The van der Waals surface area contributed by atoms with Crippen molar-refractivity contribution < 1.29 is 20.1 Å². The molecule has 0 aromatic heterocycles. The zero-order valence-electron chi connectivity index (χ0n) is 21.5. The molecule has 1 aliphatic rings. The van der Waals surface area contributed by atoms with Crippen molar-refractivity contribution in [3.63, 3.8) is 0 Å². The summed E-state index contributed by atoms with van der Waals surface area (Å²) >= 11 is 0. The predicted molar refractivity (Wildman–Crippen MR) is 164 cm³/mol. The van der Waals surface area contributed by atoms with Crippen LogP contribution in [-0.4, -0.2) is 34.3 Å². The summed E-state index contributed by atoms with van der Waals surface area (Å²) in [4.78, 5) is 0. The number of benzene rings is 6. The van der Waals surface area contributed by atoms with E-state index in [0.717, 1.165) is 55.6 Å². The SMILES string of the molecule is OB(O)c1ccc(-c2cc(-c3ccccc3)c(-c3ccc(B(O)O)cc3)c3c2-c2cccc4cccc-3c24)cc1. The van der Waals surface area contributed by atoms with E-state index in [1.807, 2.05) is 42.5 Å². The third kappa shape index (κ3) is 3.89. The minimum atomic E-state index is -1.53. The van der Waals surface area contributed by atoms with Gasteiger partial charge in [-0.2, -0.15) is 0 Å². The molecule has 0 amide bonds. The Morgan fingerprint density at radius 1 is 0.375 bits per heavy atom. The van der Waals surface area contributed by atoms with E-state index in [9.17, 15) is 20.1 Å². The van der Waals surface area contributed by atoms with Gasteiger partial charge in [-0.1, -0.05) is 115 Å². The fourth-order valence-corrected chi connectivity index (χ4v) is 6.02. The minimum Gasteiger partial charge on any atom is -0.423 e. The Balaban J connectivity index is 1.61. The normalized spacial score (nSPS) is 11.5. The lowest BCUT2D eigenvalue weighted by molar-refractivity contribution is 0.424. The smallest absolute Gasteiger partial charge is 0.423 e. The van der Waals surface area contributed by atoms with Gasteiger partial charge in [-0.05, 0) is 83.4 Å². The van der Waals surface area contributed by atoms with Crippen LogP contribution in [-0.2, 0) is 0 Å². The minimum absolute atomic E-state index is 0.440. The average Bonchev–Trinajstić information content (AvgIpc) is 3.33. The summed E-state index contributed by atoms with van der Waals surface area (Å²) in [6.07, 6.45) is 0. The van der Waals surface area contributed by atoms with Gasteiger partial charge in [-0.25, -0.2) is 0 Å². The summed E-state index contributed by atoms with van der Waals surface area (Å²) in [5.74, 6) is 0. The maximum Gasteiger partial charge on any atom is 0.488 e. The summed E-state index contributed by atoms with van der Waals surface area (Å²) in [7, 11) is -3.06. The molecule has 0 unspecified atom stereocenters. The van der Waals surface area contributed by atoms with Crippen molar-refractivity contribution in [3.05, 3.63) is 121 Å². The van der Waals surface area contributed by atoms with Crippen LogP contribution >= 0.6 is 0 Å². The summed E-state index contributed by atoms with van der Waals surface area (Å²) in [6.45, 7) is 0. The first kappa shape index (κ1) is 24.6. The van der Waals surface area contributed by atoms with Crippen LogP contribution in [0.4, 0.5) is 0 Å². The molecule has 4 N–H and O–H groups in total. The molecule has 7 rings (SSSR count). The highest BCUT2D eigenvalue weighted by Gasteiger charge is 2.30. The number of rotatable bonds is 5. The van der Waals surface area contributed by atoms with Crippen LogP contribution in [0.2, 0.25) is 0 Å². The predicted octanol–water partition coefficient (Wildman–Crippen LogP) is 4.85. The Morgan fingerprint density at radius 3 is 1.45 bits per heavy atom. The third-order valence-electron chi connectivity index (χ3n) is 7.87. The molecule has 6 aromatic carbocycles. The lowest BCUT2D eigenvalue weighted by atomic mass is 9.77. The van der Waals surface area contributed by atoms with Gasteiger partial charge in [0, 0.05) is 0 Å². The Kier molecular flexibility index (Phi) is 5.92. The van der Waals surface area contributed by atoms with Gasteiger partial charge in [-0.15, -0.1) is 0 Å². The molecule has 0 aliphatic heterocycles. The van der Waals surface area contributed by atoms with Gasteiger partial charge in [0.05, 0.1) is 0 Å². The first-order valence-corrected chi connectivity index (χ1v) is 13.2. The number of hydrogen-bond donors (Lipinski definition) is 4. The molecule has 0 saturated carbocycles. The molecule has 4 nitrogen and oxygen atoms in total. The van der Waals surface area contributed by atoms with Gasteiger partial charge in [0.25, 0.3) is 0 Å². The van der Waals surface area contributed by atoms with Gasteiger partial charge in [-0.3, -0.25) is 0 Å². The third-order valence-corrected chi connectivity index (χ3v) is 7.87. The summed E-state index contributed by atoms with van der Waals surface area (Å²) < 4.78 is 0. The molecule has 6 heteroatoms. The molecule has 0 heterocycles. The molecule has 0 saturated heterocycles. The highest BCUT2D eigenvalue weighted by atomic mass is 16.4. The molecule has 190 valence electrons. The number of fused-ring (bicyclic) bond motifs is 3. The molecule has 6 aromatic rings. The lowest BCUT2D eigenvalue weighted by Crippen LogP contribution is -2.29. The van der Waals surface area contributed by atoms with E-state index in [4.69, 9.17) is 0 Å². The van der Waals surface area contributed by atoms with Gasteiger partial charge in [0.2, 0.25) is 0 Å². The molecule has 0 radical (unpaired) electrons. The van der Waals surface area contributed by atoms with Gasteiger partial charge in [0.1, 0.15) is 0 Å². The molecule has 40 heavy (non-hydrogen) atoms. The van der Waals surface area contributed by atoms with Crippen LogP contribution in [0.25, 0.3) is 66.4 Å². The first-order chi connectivity index (χ1) is 19.5. The molecule has 0 fully saturated rings. The zero-order valence-corrected chi connectivity index (χ0v) is 21.5. The maximum atomic E-state index is 9.73. The van der Waals surface area contributed by atoms with Crippen LogP contribution < -0.4 is 10.9 Å². The van der Waals surface area contributed by atoms with Gasteiger partial charge in [0.15, 0.2) is 0 Å². The molecular formula is C34H24B2O4. The topological polar surface area (TPSA) is 80.9 Å². The highest BCUT2D eigenvalue weighted by molar-refractivity contribution is 6.59. The molecular weight excluding hydrogens is 494 g/mol. The van der Waals surface area contributed by atoms with Crippen molar-refractivity contribution in [3.8, 4) is 55.6 Å². The second-order valence-corrected chi connectivity index (χ2v) is 10.2. The fraction of sp³-hybridized carbons (Fsp3) is 0. The van der Waals surface area contributed by atoms with Crippen molar-refractivity contribution in [2.24, 2.45) is 0 Å². The van der Waals surface area contributed by atoms with Crippen LogP contribution in [0.3, 0.4) is 0 Å². The summed E-state index contributed by atoms with van der Waals surface area (Å²) in [5, 5.41) is 41.2. The van der Waals surface area contributed by atoms with Crippen LogP contribution in [0.5, 0.6) is 0 Å². The quantitative estimate of drug-likeness (QED) is 0.246. The Bertz CT molecular complexity index is 1880. The van der Waals surface area contributed by atoms with E-state index in [1.54, 1.807) is 24.3 Å². The molecule has 0 bridgehead atoms. The number of hydrogen-bond acceptors (Lipinski definition) is 4.